The van der Waals surface area contributed by atoms with Crippen LogP contribution in [-0.2, 0) is 14.3 Å². The van der Waals surface area contributed by atoms with Crippen LogP contribution in [-0.4, -0.2) is 37.0 Å². The minimum Gasteiger partial charge on any atom is -0.469 e. The van der Waals surface area contributed by atoms with Gasteiger partial charge >= 0.3 is 5.97 Å². The van der Waals surface area contributed by atoms with Crippen molar-refractivity contribution in [3.63, 3.8) is 0 Å². The summed E-state index contributed by atoms with van der Waals surface area (Å²) in [6, 6.07) is 0. The van der Waals surface area contributed by atoms with E-state index in [4.69, 9.17) is 4.74 Å². The quantitative estimate of drug-likeness (QED) is 0.478. The maximum atomic E-state index is 12.2. The predicted octanol–water partition coefficient (Wildman–Crippen LogP) is 2.86. The Bertz CT molecular complexity index is 277. The van der Waals surface area contributed by atoms with Crippen LogP contribution in [0.3, 0.4) is 0 Å². The van der Waals surface area contributed by atoms with Crippen LogP contribution < -0.4 is 0 Å². The molecule has 4 nitrogen and oxygen atoms in total. The first-order valence-corrected chi connectivity index (χ1v) is 7.27. The maximum Gasteiger partial charge on any atom is 0.310 e. The van der Waals surface area contributed by atoms with Crippen LogP contribution >= 0.6 is 0 Å². The summed E-state index contributed by atoms with van der Waals surface area (Å²) in [5.41, 5.74) is 0. The van der Waals surface area contributed by atoms with Gasteiger partial charge < -0.3 is 9.64 Å². The highest BCUT2D eigenvalue weighted by Crippen LogP contribution is 2.10. The molecule has 1 atom stereocenters. The molecule has 0 aliphatic carbocycles. The summed E-state index contributed by atoms with van der Waals surface area (Å²) in [6.07, 6.45) is 3.77. The van der Waals surface area contributed by atoms with Crippen molar-refractivity contribution in [1.29, 1.82) is 0 Å². The van der Waals surface area contributed by atoms with Crippen molar-refractivity contribution in [2.75, 3.05) is 20.2 Å². The van der Waals surface area contributed by atoms with Gasteiger partial charge in [-0.25, -0.2) is 0 Å². The third-order valence-corrected chi connectivity index (χ3v) is 3.06. The van der Waals surface area contributed by atoms with E-state index >= 15 is 0 Å². The second kappa shape index (κ2) is 9.82. The molecule has 0 fully saturated rings. The Morgan fingerprint density at radius 2 is 1.79 bits per heavy atom. The van der Waals surface area contributed by atoms with E-state index in [-0.39, 0.29) is 17.8 Å². The largest absolute Gasteiger partial charge is 0.469 e. The summed E-state index contributed by atoms with van der Waals surface area (Å²) in [4.78, 5) is 25.4. The lowest BCUT2D eigenvalue weighted by Crippen LogP contribution is -2.38. The number of hydrogen-bond acceptors (Lipinski definition) is 3. The second-order valence-corrected chi connectivity index (χ2v) is 5.57. The molecule has 0 aromatic rings. The van der Waals surface area contributed by atoms with Gasteiger partial charge in [0.15, 0.2) is 0 Å². The van der Waals surface area contributed by atoms with Crippen molar-refractivity contribution in [3.8, 4) is 0 Å². The minimum atomic E-state index is -0.261. The van der Waals surface area contributed by atoms with Gasteiger partial charge in [-0.3, -0.25) is 9.59 Å². The molecule has 4 heteroatoms. The van der Waals surface area contributed by atoms with Gasteiger partial charge in [-0.2, -0.15) is 0 Å². The fraction of sp³-hybridized carbons (Fsp3) is 0.867. The monoisotopic (exact) mass is 271 g/mol. The Hall–Kier alpha value is -1.06. The SMILES string of the molecule is CCCCCN(CC(C)C(=O)OC)C(=O)CC(C)C. The van der Waals surface area contributed by atoms with Crippen molar-refractivity contribution in [2.45, 2.75) is 53.4 Å². The molecular formula is C15H29NO3. The first-order valence-electron chi connectivity index (χ1n) is 7.27. The molecule has 0 aromatic heterocycles. The van der Waals surface area contributed by atoms with Crippen molar-refractivity contribution in [1.82, 2.24) is 4.90 Å². The predicted molar refractivity (Wildman–Crippen MR) is 76.7 cm³/mol. The summed E-state index contributed by atoms with van der Waals surface area (Å²) in [5, 5.41) is 0. The third-order valence-electron chi connectivity index (χ3n) is 3.06. The van der Waals surface area contributed by atoms with E-state index in [2.05, 4.69) is 6.92 Å². The van der Waals surface area contributed by atoms with Crippen molar-refractivity contribution >= 4 is 11.9 Å². The molecule has 0 heterocycles. The smallest absolute Gasteiger partial charge is 0.310 e. The van der Waals surface area contributed by atoms with Gasteiger partial charge in [-0.05, 0) is 12.3 Å². The van der Waals surface area contributed by atoms with Gasteiger partial charge in [-0.15, -0.1) is 0 Å². The molecule has 0 aliphatic rings. The molecule has 0 radical (unpaired) electrons. The summed E-state index contributed by atoms with van der Waals surface area (Å²) in [6.45, 7) is 9.21. The van der Waals surface area contributed by atoms with Gasteiger partial charge in [0.05, 0.1) is 13.0 Å². The van der Waals surface area contributed by atoms with Gasteiger partial charge in [-0.1, -0.05) is 40.5 Å². The molecule has 0 aromatic carbocycles. The van der Waals surface area contributed by atoms with Crippen LogP contribution in [0.4, 0.5) is 0 Å². The molecule has 19 heavy (non-hydrogen) atoms. The number of methoxy groups -OCH3 is 1. The Balaban J connectivity index is 4.47. The highest BCUT2D eigenvalue weighted by molar-refractivity contribution is 5.78. The minimum absolute atomic E-state index is 0.141. The molecule has 0 aliphatic heterocycles. The fourth-order valence-electron chi connectivity index (χ4n) is 1.96. The van der Waals surface area contributed by atoms with Crippen molar-refractivity contribution < 1.29 is 14.3 Å². The number of hydrogen-bond donors (Lipinski definition) is 0. The Morgan fingerprint density at radius 1 is 1.16 bits per heavy atom. The third kappa shape index (κ3) is 7.85. The molecule has 0 bridgehead atoms. The van der Waals surface area contributed by atoms with Crippen LogP contribution in [0.2, 0.25) is 0 Å². The number of amides is 1. The molecule has 0 N–H and O–H groups in total. The van der Waals surface area contributed by atoms with E-state index in [1.165, 1.54) is 7.11 Å². The molecule has 0 rings (SSSR count). The normalized spacial score (nSPS) is 12.3. The van der Waals surface area contributed by atoms with E-state index in [0.717, 1.165) is 25.8 Å². The van der Waals surface area contributed by atoms with E-state index in [1.54, 1.807) is 6.92 Å². The van der Waals surface area contributed by atoms with E-state index < -0.39 is 0 Å². The van der Waals surface area contributed by atoms with Crippen LogP contribution in [0.1, 0.15) is 53.4 Å². The molecule has 112 valence electrons. The molecule has 0 spiro atoms. The molecule has 0 saturated carbocycles. The highest BCUT2D eigenvalue weighted by Gasteiger charge is 2.21. The van der Waals surface area contributed by atoms with Gasteiger partial charge in [0.1, 0.15) is 0 Å². The van der Waals surface area contributed by atoms with Crippen LogP contribution in [0.15, 0.2) is 0 Å². The average Bonchev–Trinajstić information content (AvgIpc) is 2.35. The maximum absolute atomic E-state index is 12.2. The number of ether oxygens (including phenoxy) is 1. The van der Waals surface area contributed by atoms with E-state index in [1.807, 2.05) is 18.7 Å². The Morgan fingerprint density at radius 3 is 2.26 bits per heavy atom. The lowest BCUT2D eigenvalue weighted by Gasteiger charge is -2.26. The lowest BCUT2D eigenvalue weighted by atomic mass is 10.1. The summed E-state index contributed by atoms with van der Waals surface area (Å²) >= 11 is 0. The molecule has 1 amide bonds. The summed E-state index contributed by atoms with van der Waals surface area (Å²) < 4.78 is 4.72. The zero-order valence-corrected chi connectivity index (χ0v) is 13.1. The van der Waals surface area contributed by atoms with Gasteiger partial charge in [0.25, 0.3) is 0 Å². The van der Waals surface area contributed by atoms with Gasteiger partial charge in [0, 0.05) is 19.5 Å². The zero-order chi connectivity index (χ0) is 14.8. The average molecular weight is 271 g/mol. The number of rotatable bonds is 9. The Labute approximate surface area is 117 Å². The van der Waals surface area contributed by atoms with Crippen molar-refractivity contribution in [2.24, 2.45) is 11.8 Å². The number of unbranched alkanes of at least 4 members (excludes halogenated alkanes) is 2. The van der Waals surface area contributed by atoms with E-state index in [9.17, 15) is 9.59 Å². The van der Waals surface area contributed by atoms with Gasteiger partial charge in [0.2, 0.25) is 5.91 Å². The highest BCUT2D eigenvalue weighted by atomic mass is 16.5. The zero-order valence-electron chi connectivity index (χ0n) is 13.1. The van der Waals surface area contributed by atoms with Crippen LogP contribution in [0, 0.1) is 11.8 Å². The number of nitrogens with zero attached hydrogens (tertiary/aromatic N) is 1. The summed E-state index contributed by atoms with van der Waals surface area (Å²) in [7, 11) is 1.39. The van der Waals surface area contributed by atoms with E-state index in [0.29, 0.717) is 18.9 Å². The lowest BCUT2D eigenvalue weighted by molar-refractivity contribution is -0.146. The van der Waals surface area contributed by atoms with Crippen molar-refractivity contribution in [3.05, 3.63) is 0 Å². The molecular weight excluding hydrogens is 242 g/mol. The van der Waals surface area contributed by atoms with Crippen LogP contribution in [0.25, 0.3) is 0 Å². The summed E-state index contributed by atoms with van der Waals surface area (Å²) in [5.74, 6) is -0.0305. The fourth-order valence-corrected chi connectivity index (χ4v) is 1.96. The number of carbonyl (C=O) groups excluding carboxylic acids is 2. The topological polar surface area (TPSA) is 46.6 Å². The standard InChI is InChI=1S/C15H29NO3/c1-6-7-8-9-16(14(17)10-12(2)3)11-13(4)15(18)19-5/h12-13H,6-11H2,1-5H3. The van der Waals surface area contributed by atoms with Crippen LogP contribution in [0.5, 0.6) is 0 Å². The second-order valence-electron chi connectivity index (χ2n) is 5.57. The molecule has 1 unspecified atom stereocenters. The Kier molecular flexibility index (Phi) is 9.27. The number of esters is 1. The molecule has 0 saturated heterocycles. The first kappa shape index (κ1) is 17.9. The first-order chi connectivity index (χ1) is 8.92. The number of carbonyl (C=O) groups is 2.